The van der Waals surface area contributed by atoms with E-state index in [0.29, 0.717) is 0 Å². The van der Waals surface area contributed by atoms with Crippen molar-refractivity contribution in [3.05, 3.63) is 154 Å². The maximum atomic E-state index is 2.79. The van der Waals surface area contributed by atoms with Crippen molar-refractivity contribution in [1.29, 1.82) is 0 Å². The number of benzene rings is 7. The molecule has 0 N–H and O–H groups in total. The molecule has 2 aliphatic carbocycles. The number of hydrogen-bond acceptors (Lipinski definition) is 2. The minimum absolute atomic E-state index is 0.0133. The van der Waals surface area contributed by atoms with E-state index in [4.69, 9.17) is 0 Å². The second-order valence-corrected chi connectivity index (χ2v) is 27.2. The number of nitrogens with zero attached hydrogens (tertiary/aromatic N) is 3. The maximum absolute atomic E-state index is 2.79. The third-order valence-corrected chi connectivity index (χ3v) is 18.5. The maximum Gasteiger partial charge on any atom is 0.252 e. The van der Waals surface area contributed by atoms with Crippen molar-refractivity contribution in [3.8, 4) is 0 Å². The molecule has 0 radical (unpaired) electrons. The number of para-hydroxylation sites is 2. The molecule has 4 aliphatic rings. The van der Waals surface area contributed by atoms with Gasteiger partial charge in [0.2, 0.25) is 0 Å². The van der Waals surface area contributed by atoms with Gasteiger partial charge in [0.15, 0.2) is 0 Å². The number of aromatic nitrogens is 1. The first-order valence-electron chi connectivity index (χ1n) is 26.8. The summed E-state index contributed by atoms with van der Waals surface area (Å²) in [5.41, 5.74) is 25.9. The minimum atomic E-state index is -0.0623. The van der Waals surface area contributed by atoms with Gasteiger partial charge in [-0.05, 0) is 169 Å². The van der Waals surface area contributed by atoms with Crippen molar-refractivity contribution >= 4 is 95.3 Å². The van der Waals surface area contributed by atoms with Crippen LogP contribution in [0.5, 0.6) is 0 Å². The normalized spacial score (nSPS) is 18.5. The standard InChI is InChI=1S/C67H72BN3/c1-39-24-27-50-54(32-39)70(43-34-40(62(2,3)4)33-41(35-43)63(5,6)7)61-57-45-21-17-19-23-53(45)71-52-22-18-16-20-44(52)56(59(57)71)60-58(61)68(50)51-37-48-49(67(14,15)31-30-66(48,12)13)38-55(51)69(60)42-25-26-46-47(36-42)65(10,11)29-28-64(46,8)9/h16-27,32-38H,28-31H2,1-15H3. The third kappa shape index (κ3) is 6.15. The lowest BCUT2D eigenvalue weighted by Gasteiger charge is -2.48. The number of hydrogen-bond donors (Lipinski definition) is 0. The first-order valence-corrected chi connectivity index (χ1v) is 26.8. The van der Waals surface area contributed by atoms with E-state index in [9.17, 15) is 0 Å². The molecule has 0 fully saturated rings. The van der Waals surface area contributed by atoms with Gasteiger partial charge >= 0.3 is 0 Å². The molecule has 0 bridgehead atoms. The lowest BCUT2D eigenvalue weighted by molar-refractivity contribution is 0.332. The van der Waals surface area contributed by atoms with Crippen molar-refractivity contribution in [2.45, 2.75) is 162 Å². The molecular formula is C67H72BN3. The molecule has 2 aromatic heterocycles. The van der Waals surface area contributed by atoms with Crippen molar-refractivity contribution in [1.82, 2.24) is 4.40 Å². The van der Waals surface area contributed by atoms with Gasteiger partial charge in [0.05, 0.1) is 27.9 Å². The summed E-state index contributed by atoms with van der Waals surface area (Å²) < 4.78 is 2.63. The summed E-state index contributed by atoms with van der Waals surface area (Å²) in [5, 5.41) is 5.32. The van der Waals surface area contributed by atoms with E-state index >= 15 is 0 Å². The quantitative estimate of drug-likeness (QED) is 0.160. The van der Waals surface area contributed by atoms with Gasteiger partial charge in [-0.2, -0.15) is 0 Å². The molecule has 0 amide bonds. The summed E-state index contributed by atoms with van der Waals surface area (Å²) in [6.45, 7) is 36.5. The molecule has 2 aliphatic heterocycles. The van der Waals surface area contributed by atoms with Crippen molar-refractivity contribution in [2.75, 3.05) is 9.80 Å². The Balaban J connectivity index is 1.29. The number of rotatable bonds is 2. The predicted molar refractivity (Wildman–Crippen MR) is 308 cm³/mol. The van der Waals surface area contributed by atoms with Crippen LogP contribution in [-0.4, -0.2) is 11.1 Å². The summed E-state index contributed by atoms with van der Waals surface area (Å²) >= 11 is 0. The average Bonchev–Trinajstić information content (AvgIpc) is 3.83. The summed E-state index contributed by atoms with van der Waals surface area (Å²) in [4.78, 5) is 5.54. The fraction of sp³-hybridized carbons (Fsp3) is 0.373. The van der Waals surface area contributed by atoms with Crippen LogP contribution >= 0.6 is 0 Å². The number of fused-ring (bicyclic) bond motifs is 14. The van der Waals surface area contributed by atoms with E-state index in [2.05, 4.69) is 233 Å². The van der Waals surface area contributed by atoms with Crippen LogP contribution in [0.2, 0.25) is 0 Å². The van der Waals surface area contributed by atoms with E-state index in [1.165, 1.54) is 153 Å². The van der Waals surface area contributed by atoms with E-state index in [1.807, 2.05) is 0 Å². The van der Waals surface area contributed by atoms with Crippen molar-refractivity contribution < 1.29 is 0 Å². The Morgan fingerprint density at radius 2 is 0.930 bits per heavy atom. The fourth-order valence-corrected chi connectivity index (χ4v) is 14.0. The third-order valence-electron chi connectivity index (χ3n) is 18.5. The van der Waals surface area contributed by atoms with Crippen LogP contribution in [-0.2, 0) is 32.5 Å². The highest BCUT2D eigenvalue weighted by atomic mass is 15.2. The van der Waals surface area contributed by atoms with Gasteiger partial charge in [0.25, 0.3) is 6.71 Å². The lowest BCUT2D eigenvalue weighted by atomic mass is 9.32. The summed E-state index contributed by atoms with van der Waals surface area (Å²) in [5.74, 6) is 0. The highest BCUT2D eigenvalue weighted by Gasteiger charge is 2.49. The molecule has 7 aromatic carbocycles. The van der Waals surface area contributed by atoms with Crippen LogP contribution in [0.4, 0.5) is 34.1 Å². The first kappa shape index (κ1) is 44.9. The molecule has 4 heteroatoms. The van der Waals surface area contributed by atoms with Gasteiger partial charge in [0, 0.05) is 44.3 Å². The largest absolute Gasteiger partial charge is 0.311 e. The summed E-state index contributed by atoms with van der Waals surface area (Å²) in [7, 11) is 0. The lowest BCUT2D eigenvalue weighted by Crippen LogP contribution is -2.62. The molecule has 3 nitrogen and oxygen atoms in total. The Kier molecular flexibility index (Phi) is 8.95. The Morgan fingerprint density at radius 3 is 1.48 bits per heavy atom. The van der Waals surface area contributed by atoms with Gasteiger partial charge < -0.3 is 14.2 Å². The average molecular weight is 930 g/mol. The highest BCUT2D eigenvalue weighted by Crippen LogP contribution is 2.57. The van der Waals surface area contributed by atoms with Gasteiger partial charge in [0.1, 0.15) is 0 Å². The molecule has 0 saturated heterocycles. The molecule has 4 heterocycles. The Bertz CT molecular complexity index is 3730. The zero-order valence-electron chi connectivity index (χ0n) is 45.2. The molecule has 13 rings (SSSR count). The topological polar surface area (TPSA) is 10.9 Å². The van der Waals surface area contributed by atoms with Gasteiger partial charge in [-0.15, -0.1) is 0 Å². The highest BCUT2D eigenvalue weighted by molar-refractivity contribution is 7.01. The predicted octanol–water partition coefficient (Wildman–Crippen LogP) is 16.5. The molecule has 0 unspecified atom stereocenters. The van der Waals surface area contributed by atoms with E-state index < -0.39 is 0 Å². The second kappa shape index (κ2) is 14.1. The molecule has 0 spiro atoms. The zero-order chi connectivity index (χ0) is 49.9. The molecule has 0 saturated carbocycles. The smallest absolute Gasteiger partial charge is 0.252 e. The number of aryl methyl sites for hydroxylation is 1. The Labute approximate surface area is 423 Å². The van der Waals surface area contributed by atoms with Gasteiger partial charge in [-0.25, -0.2) is 0 Å². The van der Waals surface area contributed by atoms with Crippen LogP contribution in [0.15, 0.2) is 115 Å². The van der Waals surface area contributed by atoms with E-state index in [1.54, 1.807) is 0 Å². The van der Waals surface area contributed by atoms with Crippen LogP contribution in [0.25, 0.3) is 38.1 Å². The summed E-state index contributed by atoms with van der Waals surface area (Å²) in [6.07, 6.45) is 4.69. The van der Waals surface area contributed by atoms with Crippen molar-refractivity contribution in [3.63, 3.8) is 0 Å². The Morgan fingerprint density at radius 1 is 0.451 bits per heavy atom. The van der Waals surface area contributed by atoms with Crippen molar-refractivity contribution in [2.24, 2.45) is 0 Å². The van der Waals surface area contributed by atoms with Crippen LogP contribution in [0.3, 0.4) is 0 Å². The van der Waals surface area contributed by atoms with Gasteiger partial charge in [-0.3, -0.25) is 0 Å². The first-order chi connectivity index (χ1) is 33.4. The SMILES string of the molecule is Cc1ccc2c(c1)N(c1cc(C(C)(C)C)cc(C(C)(C)C)c1)c1c3c(c4c5ccccc5n5c6ccccc6c1c45)N(c1ccc4c(c1)C(C)(C)CCC4(C)C)c1cc4c(cc1B23)C(C)(C)CCC4(C)C. The second-order valence-electron chi connectivity index (χ2n) is 27.2. The molecular weight excluding hydrogens is 858 g/mol. The fourth-order valence-electron chi connectivity index (χ4n) is 14.0. The number of anilines is 6. The molecule has 9 aromatic rings. The zero-order valence-corrected chi connectivity index (χ0v) is 45.2. The van der Waals surface area contributed by atoms with E-state index in [-0.39, 0.29) is 39.2 Å². The van der Waals surface area contributed by atoms with E-state index in [0.717, 1.165) is 0 Å². The molecule has 0 atom stereocenters. The van der Waals surface area contributed by atoms with Gasteiger partial charge in [-0.1, -0.05) is 164 Å². The minimum Gasteiger partial charge on any atom is -0.311 e. The molecule has 358 valence electrons. The van der Waals surface area contributed by atoms with Crippen LogP contribution in [0, 0.1) is 6.92 Å². The summed E-state index contributed by atoms with van der Waals surface area (Å²) in [6, 6.07) is 46.6. The van der Waals surface area contributed by atoms with Crippen LogP contribution in [0.1, 0.15) is 162 Å². The Hall–Kier alpha value is -6.00. The molecule has 71 heavy (non-hydrogen) atoms. The van der Waals surface area contributed by atoms with Crippen LogP contribution < -0.4 is 26.2 Å². The monoisotopic (exact) mass is 930 g/mol.